The molecule has 0 aliphatic carbocycles. The average Bonchev–Trinajstić information content (AvgIpc) is 2.53. The number of nitrogens with zero attached hydrogens (tertiary/aromatic N) is 5. The normalized spacial score (nSPS) is 16.8. The molecule has 0 saturated carbocycles. The van der Waals surface area contributed by atoms with Gasteiger partial charge in [0.1, 0.15) is 5.82 Å². The molecule has 1 aliphatic heterocycles. The Labute approximate surface area is 124 Å². The van der Waals surface area contributed by atoms with Crippen LogP contribution in [0.4, 0.5) is 11.8 Å². The molecular weight excluding hydrogens is 264 g/mol. The molecule has 110 valence electrons. The van der Waals surface area contributed by atoms with Crippen LogP contribution in [0.1, 0.15) is 5.56 Å². The van der Waals surface area contributed by atoms with Gasteiger partial charge in [-0.25, -0.2) is 15.0 Å². The molecule has 0 amide bonds. The van der Waals surface area contributed by atoms with Crippen LogP contribution >= 0.6 is 0 Å². The second-order valence-electron chi connectivity index (χ2n) is 5.33. The molecule has 2 aromatic rings. The van der Waals surface area contributed by atoms with Crippen LogP contribution in [0.15, 0.2) is 36.8 Å². The van der Waals surface area contributed by atoms with Gasteiger partial charge in [-0.05, 0) is 24.7 Å². The fraction of sp³-hybridized carbons (Fsp3) is 0.400. The van der Waals surface area contributed by atoms with Crippen molar-refractivity contribution in [2.45, 2.75) is 6.54 Å². The van der Waals surface area contributed by atoms with E-state index in [9.17, 15) is 0 Å². The van der Waals surface area contributed by atoms with Gasteiger partial charge in [-0.15, -0.1) is 0 Å². The van der Waals surface area contributed by atoms with Crippen molar-refractivity contribution in [1.82, 2.24) is 24.8 Å². The lowest BCUT2D eigenvalue weighted by molar-refractivity contribution is 0.148. The highest BCUT2D eigenvalue weighted by Crippen LogP contribution is 2.12. The van der Waals surface area contributed by atoms with Crippen LogP contribution in [-0.2, 0) is 6.54 Å². The number of pyridine rings is 1. The Morgan fingerprint density at radius 2 is 1.81 bits per heavy atom. The number of hydrogen-bond acceptors (Lipinski definition) is 6. The first-order valence-corrected chi connectivity index (χ1v) is 7.19. The fourth-order valence-electron chi connectivity index (χ4n) is 2.33. The number of anilines is 2. The van der Waals surface area contributed by atoms with Gasteiger partial charge in [-0.1, -0.05) is 6.07 Å². The van der Waals surface area contributed by atoms with Crippen LogP contribution in [0.3, 0.4) is 0 Å². The molecule has 6 nitrogen and oxygen atoms in total. The molecule has 3 rings (SSSR count). The van der Waals surface area contributed by atoms with Crippen LogP contribution in [-0.4, -0.2) is 58.0 Å². The number of likely N-dealkylation sites (N-methyl/N-ethyl adjacent to an activating group) is 1. The van der Waals surface area contributed by atoms with Crippen LogP contribution in [0.5, 0.6) is 0 Å². The average molecular weight is 284 g/mol. The Bertz CT molecular complexity index is 548. The van der Waals surface area contributed by atoms with E-state index >= 15 is 0 Å². The van der Waals surface area contributed by atoms with Gasteiger partial charge in [0.2, 0.25) is 5.95 Å². The Hall–Kier alpha value is -2.05. The van der Waals surface area contributed by atoms with Crippen molar-refractivity contribution in [3.8, 4) is 0 Å². The molecule has 0 spiro atoms. The zero-order valence-electron chi connectivity index (χ0n) is 12.2. The maximum atomic E-state index is 4.43. The quantitative estimate of drug-likeness (QED) is 0.915. The molecule has 3 heterocycles. The molecule has 1 N–H and O–H groups in total. The van der Waals surface area contributed by atoms with Gasteiger partial charge in [-0.3, -0.25) is 4.90 Å². The summed E-state index contributed by atoms with van der Waals surface area (Å²) in [7, 11) is 2.17. The molecule has 0 aromatic carbocycles. The Kier molecular flexibility index (Phi) is 4.37. The van der Waals surface area contributed by atoms with Gasteiger partial charge in [0.25, 0.3) is 0 Å². The fourth-order valence-corrected chi connectivity index (χ4v) is 2.33. The molecule has 1 aliphatic rings. The Morgan fingerprint density at radius 3 is 2.48 bits per heavy atom. The van der Waals surface area contributed by atoms with Crippen molar-refractivity contribution >= 4 is 11.8 Å². The SMILES string of the molecule is CN1CCN(Cc2ccc(Nc3ncccn3)nc2)CC1. The van der Waals surface area contributed by atoms with Gasteiger partial charge in [0, 0.05) is 51.3 Å². The third kappa shape index (κ3) is 3.96. The van der Waals surface area contributed by atoms with E-state index < -0.39 is 0 Å². The molecule has 0 atom stereocenters. The van der Waals surface area contributed by atoms with E-state index in [2.05, 4.69) is 43.2 Å². The number of hydrogen-bond donors (Lipinski definition) is 1. The van der Waals surface area contributed by atoms with Gasteiger partial charge < -0.3 is 10.2 Å². The van der Waals surface area contributed by atoms with Crippen molar-refractivity contribution in [1.29, 1.82) is 0 Å². The van der Waals surface area contributed by atoms with Crippen LogP contribution in [0, 0.1) is 0 Å². The van der Waals surface area contributed by atoms with Gasteiger partial charge in [-0.2, -0.15) is 0 Å². The standard InChI is InChI=1S/C15H20N6/c1-20-7-9-21(10-8-20)12-13-3-4-14(18-11-13)19-15-16-5-2-6-17-15/h2-6,11H,7-10,12H2,1H3,(H,16,17,18,19). The lowest BCUT2D eigenvalue weighted by atomic mass is 10.2. The van der Waals surface area contributed by atoms with Crippen LogP contribution < -0.4 is 5.32 Å². The van der Waals surface area contributed by atoms with Crippen LogP contribution in [0.25, 0.3) is 0 Å². The molecule has 21 heavy (non-hydrogen) atoms. The minimum Gasteiger partial charge on any atom is -0.309 e. The Morgan fingerprint density at radius 1 is 1.05 bits per heavy atom. The molecule has 6 heteroatoms. The lowest BCUT2D eigenvalue weighted by Crippen LogP contribution is -2.43. The number of piperazine rings is 1. The van der Waals surface area contributed by atoms with Crippen molar-refractivity contribution in [3.05, 3.63) is 42.4 Å². The zero-order valence-corrected chi connectivity index (χ0v) is 12.2. The summed E-state index contributed by atoms with van der Waals surface area (Å²) in [5.74, 6) is 1.33. The summed E-state index contributed by atoms with van der Waals surface area (Å²) in [6.07, 6.45) is 5.33. The number of rotatable bonds is 4. The number of aromatic nitrogens is 3. The molecule has 1 saturated heterocycles. The smallest absolute Gasteiger partial charge is 0.228 e. The predicted octanol–water partition coefficient (Wildman–Crippen LogP) is 1.36. The van der Waals surface area contributed by atoms with Crippen molar-refractivity contribution in [3.63, 3.8) is 0 Å². The first kappa shape index (κ1) is 13.9. The highest BCUT2D eigenvalue weighted by atomic mass is 15.2. The maximum Gasteiger partial charge on any atom is 0.228 e. The van der Waals surface area contributed by atoms with E-state index in [-0.39, 0.29) is 0 Å². The van der Waals surface area contributed by atoms with E-state index in [0.29, 0.717) is 5.95 Å². The van der Waals surface area contributed by atoms with Gasteiger partial charge in [0.05, 0.1) is 0 Å². The second kappa shape index (κ2) is 6.60. The maximum absolute atomic E-state index is 4.43. The first-order valence-electron chi connectivity index (χ1n) is 7.19. The summed E-state index contributed by atoms with van der Waals surface area (Å²) in [4.78, 5) is 17.5. The van der Waals surface area contributed by atoms with Gasteiger partial charge in [0.15, 0.2) is 0 Å². The topological polar surface area (TPSA) is 57.2 Å². The summed E-state index contributed by atoms with van der Waals surface area (Å²) < 4.78 is 0. The molecule has 0 bridgehead atoms. The Balaban J connectivity index is 1.57. The van der Waals surface area contributed by atoms with Crippen molar-refractivity contribution < 1.29 is 0 Å². The monoisotopic (exact) mass is 284 g/mol. The largest absolute Gasteiger partial charge is 0.309 e. The second-order valence-corrected chi connectivity index (χ2v) is 5.33. The van der Waals surface area contributed by atoms with E-state index in [0.717, 1.165) is 38.5 Å². The highest BCUT2D eigenvalue weighted by molar-refractivity contribution is 5.47. The molecule has 0 unspecified atom stereocenters. The third-order valence-corrected chi connectivity index (χ3v) is 3.63. The minimum absolute atomic E-state index is 0.566. The molecule has 1 fully saturated rings. The van der Waals surface area contributed by atoms with Crippen molar-refractivity contribution in [2.24, 2.45) is 0 Å². The van der Waals surface area contributed by atoms with E-state index in [1.807, 2.05) is 12.3 Å². The minimum atomic E-state index is 0.566. The van der Waals surface area contributed by atoms with Crippen LogP contribution in [0.2, 0.25) is 0 Å². The zero-order chi connectivity index (χ0) is 14.5. The van der Waals surface area contributed by atoms with E-state index in [4.69, 9.17) is 0 Å². The molecular formula is C15H20N6. The predicted molar refractivity (Wildman–Crippen MR) is 82.3 cm³/mol. The van der Waals surface area contributed by atoms with Gasteiger partial charge >= 0.3 is 0 Å². The summed E-state index contributed by atoms with van der Waals surface area (Å²) in [6, 6.07) is 5.87. The van der Waals surface area contributed by atoms with E-state index in [1.165, 1.54) is 5.56 Å². The lowest BCUT2D eigenvalue weighted by Gasteiger charge is -2.32. The highest BCUT2D eigenvalue weighted by Gasteiger charge is 2.13. The summed E-state index contributed by atoms with van der Waals surface area (Å²) in [5, 5.41) is 3.09. The van der Waals surface area contributed by atoms with Crippen molar-refractivity contribution in [2.75, 3.05) is 38.5 Å². The number of nitrogens with one attached hydrogen (secondary N) is 1. The van der Waals surface area contributed by atoms with E-state index in [1.54, 1.807) is 18.5 Å². The summed E-state index contributed by atoms with van der Waals surface area (Å²) in [5.41, 5.74) is 1.24. The third-order valence-electron chi connectivity index (χ3n) is 3.63. The summed E-state index contributed by atoms with van der Waals surface area (Å²) >= 11 is 0. The molecule has 2 aromatic heterocycles. The summed E-state index contributed by atoms with van der Waals surface area (Å²) in [6.45, 7) is 5.47. The first-order chi connectivity index (χ1) is 10.3. The molecule has 0 radical (unpaired) electrons.